The number of rotatable bonds is 0. The van der Waals surface area contributed by atoms with E-state index in [1.807, 2.05) is 0 Å². The SMILES string of the molecule is CN1C(=O)Nc2cc[c]cc2S1(=O)=O. The Bertz CT molecular complexity index is 495. The number of sulfonamides is 1. The average molecular weight is 211 g/mol. The van der Waals surface area contributed by atoms with Crippen LogP contribution in [-0.2, 0) is 10.0 Å². The van der Waals surface area contributed by atoms with Gasteiger partial charge in [-0.1, -0.05) is 6.07 Å². The first-order chi connectivity index (χ1) is 6.53. The summed E-state index contributed by atoms with van der Waals surface area (Å²) in [4.78, 5) is 11.3. The number of nitrogens with one attached hydrogen (secondary N) is 1. The van der Waals surface area contributed by atoms with E-state index in [2.05, 4.69) is 11.4 Å². The molecule has 1 aliphatic heterocycles. The maximum absolute atomic E-state index is 11.7. The van der Waals surface area contributed by atoms with Gasteiger partial charge in [-0.3, -0.25) is 0 Å². The van der Waals surface area contributed by atoms with Gasteiger partial charge in [-0.2, -0.15) is 0 Å². The third-order valence-corrected chi connectivity index (χ3v) is 3.77. The summed E-state index contributed by atoms with van der Waals surface area (Å²) in [6.45, 7) is 0. The Morgan fingerprint density at radius 1 is 1.50 bits per heavy atom. The first kappa shape index (κ1) is 9.01. The van der Waals surface area contributed by atoms with E-state index in [0.717, 1.165) is 0 Å². The predicted octanol–water partition coefficient (Wildman–Crippen LogP) is 0.653. The summed E-state index contributed by atoms with van der Waals surface area (Å²) in [7, 11) is -2.47. The van der Waals surface area contributed by atoms with Crippen LogP contribution in [0.25, 0.3) is 0 Å². The topological polar surface area (TPSA) is 66.5 Å². The van der Waals surface area contributed by atoms with Crippen molar-refractivity contribution in [1.29, 1.82) is 0 Å². The van der Waals surface area contributed by atoms with Crippen LogP contribution in [0, 0.1) is 6.07 Å². The largest absolute Gasteiger partial charge is 0.335 e. The van der Waals surface area contributed by atoms with Gasteiger partial charge < -0.3 is 5.32 Å². The van der Waals surface area contributed by atoms with Crippen molar-refractivity contribution in [2.24, 2.45) is 0 Å². The molecule has 0 aromatic heterocycles. The lowest BCUT2D eigenvalue weighted by Gasteiger charge is -2.25. The predicted molar refractivity (Wildman–Crippen MR) is 49.2 cm³/mol. The molecule has 5 nitrogen and oxygen atoms in total. The lowest BCUT2D eigenvalue weighted by Crippen LogP contribution is -2.40. The van der Waals surface area contributed by atoms with E-state index in [0.29, 0.717) is 9.99 Å². The molecule has 73 valence electrons. The van der Waals surface area contributed by atoms with Gasteiger partial charge in [-0.25, -0.2) is 17.5 Å². The van der Waals surface area contributed by atoms with Gasteiger partial charge in [0, 0.05) is 7.05 Å². The van der Waals surface area contributed by atoms with E-state index in [1.165, 1.54) is 19.2 Å². The zero-order chi connectivity index (χ0) is 10.3. The summed E-state index contributed by atoms with van der Waals surface area (Å²) in [6, 6.07) is 6.38. The maximum atomic E-state index is 11.7. The van der Waals surface area contributed by atoms with Gasteiger partial charge in [0.15, 0.2) is 0 Å². The second-order valence-corrected chi connectivity index (χ2v) is 4.76. The van der Waals surface area contributed by atoms with E-state index >= 15 is 0 Å². The molecule has 2 rings (SSSR count). The van der Waals surface area contributed by atoms with Gasteiger partial charge in [0.2, 0.25) is 0 Å². The Morgan fingerprint density at radius 3 is 2.93 bits per heavy atom. The molecule has 1 aromatic rings. The molecule has 0 unspecified atom stereocenters. The number of hydrogen-bond donors (Lipinski definition) is 1. The number of fused-ring (bicyclic) bond motifs is 1. The van der Waals surface area contributed by atoms with Crippen molar-refractivity contribution in [3.63, 3.8) is 0 Å². The highest BCUT2D eigenvalue weighted by molar-refractivity contribution is 7.90. The molecule has 0 aliphatic carbocycles. The molecule has 0 atom stereocenters. The van der Waals surface area contributed by atoms with Crippen LogP contribution < -0.4 is 5.32 Å². The second kappa shape index (κ2) is 2.71. The van der Waals surface area contributed by atoms with Gasteiger partial charge in [0.1, 0.15) is 4.90 Å². The molecule has 1 radical (unpaired) electrons. The van der Waals surface area contributed by atoms with Crippen LogP contribution in [0.15, 0.2) is 23.1 Å². The van der Waals surface area contributed by atoms with Crippen LogP contribution in [0.4, 0.5) is 10.5 Å². The minimum Gasteiger partial charge on any atom is -0.306 e. The fourth-order valence-electron chi connectivity index (χ4n) is 1.18. The Hall–Kier alpha value is -1.56. The molecule has 0 saturated heterocycles. The van der Waals surface area contributed by atoms with Crippen molar-refractivity contribution >= 4 is 21.7 Å². The van der Waals surface area contributed by atoms with Gasteiger partial charge in [0.25, 0.3) is 10.0 Å². The van der Waals surface area contributed by atoms with Crippen LogP contribution in [0.2, 0.25) is 0 Å². The smallest absolute Gasteiger partial charge is 0.306 e. The van der Waals surface area contributed by atoms with Crippen molar-refractivity contribution in [1.82, 2.24) is 4.31 Å². The summed E-state index contributed by atoms with van der Waals surface area (Å²) < 4.78 is 24.0. The highest BCUT2D eigenvalue weighted by Crippen LogP contribution is 2.27. The molecular weight excluding hydrogens is 204 g/mol. The summed E-state index contributed by atoms with van der Waals surface area (Å²) in [5.74, 6) is 0. The first-order valence-corrected chi connectivity index (χ1v) is 5.27. The Kier molecular flexibility index (Phi) is 1.75. The minimum atomic E-state index is -3.68. The number of urea groups is 1. The molecule has 1 aliphatic rings. The summed E-state index contributed by atoms with van der Waals surface area (Å²) >= 11 is 0. The van der Waals surface area contributed by atoms with Crippen molar-refractivity contribution in [2.75, 3.05) is 12.4 Å². The Labute approximate surface area is 81.4 Å². The van der Waals surface area contributed by atoms with Crippen molar-refractivity contribution in [3.8, 4) is 0 Å². The third kappa shape index (κ3) is 1.07. The first-order valence-electron chi connectivity index (χ1n) is 3.83. The fraction of sp³-hybridized carbons (Fsp3) is 0.125. The molecule has 2 amide bonds. The summed E-state index contributed by atoms with van der Waals surface area (Å²) in [6.07, 6.45) is 0. The lowest BCUT2D eigenvalue weighted by atomic mass is 10.3. The quantitative estimate of drug-likeness (QED) is 0.685. The van der Waals surface area contributed by atoms with Crippen LogP contribution in [0.5, 0.6) is 0 Å². The summed E-state index contributed by atoms with van der Waals surface area (Å²) in [5, 5.41) is 2.45. The van der Waals surface area contributed by atoms with Crippen molar-refractivity contribution in [2.45, 2.75) is 4.90 Å². The van der Waals surface area contributed by atoms with Gasteiger partial charge in [0.05, 0.1) is 5.69 Å². The lowest BCUT2D eigenvalue weighted by molar-refractivity contribution is 0.240. The van der Waals surface area contributed by atoms with E-state index in [1.54, 1.807) is 6.07 Å². The van der Waals surface area contributed by atoms with Crippen LogP contribution in [0.1, 0.15) is 0 Å². The van der Waals surface area contributed by atoms with Crippen LogP contribution in [0.3, 0.4) is 0 Å². The highest BCUT2D eigenvalue weighted by Gasteiger charge is 2.33. The van der Waals surface area contributed by atoms with Gasteiger partial charge in [-0.05, 0) is 18.2 Å². The monoisotopic (exact) mass is 211 g/mol. The minimum absolute atomic E-state index is 0.0714. The van der Waals surface area contributed by atoms with Crippen molar-refractivity contribution in [3.05, 3.63) is 24.3 Å². The second-order valence-electron chi connectivity index (χ2n) is 2.82. The fourth-order valence-corrected chi connectivity index (χ4v) is 2.36. The Balaban J connectivity index is 2.72. The number of benzene rings is 1. The maximum Gasteiger partial charge on any atom is 0.335 e. The van der Waals surface area contributed by atoms with Crippen molar-refractivity contribution < 1.29 is 13.2 Å². The van der Waals surface area contributed by atoms with Gasteiger partial charge in [-0.15, -0.1) is 0 Å². The third-order valence-electron chi connectivity index (χ3n) is 1.99. The molecule has 1 N–H and O–H groups in total. The molecule has 0 fully saturated rings. The van der Waals surface area contributed by atoms with E-state index < -0.39 is 16.1 Å². The van der Waals surface area contributed by atoms with E-state index in [4.69, 9.17) is 0 Å². The van der Waals surface area contributed by atoms with E-state index in [-0.39, 0.29) is 4.90 Å². The normalized spacial score (nSPS) is 18.6. The molecule has 1 aromatic carbocycles. The van der Waals surface area contributed by atoms with Crippen LogP contribution in [-0.4, -0.2) is 25.8 Å². The number of hydrogen-bond acceptors (Lipinski definition) is 3. The highest BCUT2D eigenvalue weighted by atomic mass is 32.2. The molecular formula is C8H7N2O3S. The zero-order valence-electron chi connectivity index (χ0n) is 7.31. The van der Waals surface area contributed by atoms with Gasteiger partial charge >= 0.3 is 6.03 Å². The number of carbonyl (C=O) groups excluding carboxylic acids is 1. The number of amides is 2. The molecule has 1 heterocycles. The number of nitrogens with zero attached hydrogens (tertiary/aromatic N) is 1. The molecule has 0 saturated carbocycles. The average Bonchev–Trinajstić information content (AvgIpc) is 2.15. The number of anilines is 1. The van der Waals surface area contributed by atoms with Crippen LogP contribution >= 0.6 is 0 Å². The molecule has 0 bridgehead atoms. The van der Waals surface area contributed by atoms with E-state index in [9.17, 15) is 13.2 Å². The number of carbonyl (C=O) groups is 1. The summed E-state index contributed by atoms with van der Waals surface area (Å²) in [5.41, 5.74) is 0.298. The Morgan fingerprint density at radius 2 is 2.21 bits per heavy atom. The molecule has 0 spiro atoms. The molecule has 6 heteroatoms. The zero-order valence-corrected chi connectivity index (χ0v) is 8.13. The standard InChI is InChI=1S/C8H7N2O3S/c1-10-8(11)9-6-4-2-3-5-7(6)14(10,12)13/h2,4-5H,1H3,(H,9,11). The molecule has 14 heavy (non-hydrogen) atoms.